The molecule has 0 fully saturated rings. The summed E-state index contributed by atoms with van der Waals surface area (Å²) in [7, 11) is 1.71. The maximum atomic E-state index is 11.6. The SMILES string of the molecule is CN(c1cccc(C#N)c1)C(C(=O)O)c1ccccc1. The van der Waals surface area contributed by atoms with Crippen LogP contribution < -0.4 is 4.90 Å². The summed E-state index contributed by atoms with van der Waals surface area (Å²) in [6, 6.07) is 17.2. The molecule has 20 heavy (non-hydrogen) atoms. The van der Waals surface area contributed by atoms with Gasteiger partial charge in [-0.2, -0.15) is 5.26 Å². The first kappa shape index (κ1) is 13.6. The van der Waals surface area contributed by atoms with E-state index in [-0.39, 0.29) is 0 Å². The van der Waals surface area contributed by atoms with E-state index >= 15 is 0 Å². The summed E-state index contributed by atoms with van der Waals surface area (Å²) < 4.78 is 0. The molecule has 0 bridgehead atoms. The monoisotopic (exact) mass is 266 g/mol. The molecule has 0 heterocycles. The smallest absolute Gasteiger partial charge is 0.331 e. The highest BCUT2D eigenvalue weighted by Gasteiger charge is 2.24. The number of anilines is 1. The fraction of sp³-hybridized carbons (Fsp3) is 0.125. The summed E-state index contributed by atoms with van der Waals surface area (Å²) in [6.45, 7) is 0. The topological polar surface area (TPSA) is 64.3 Å². The van der Waals surface area contributed by atoms with E-state index in [1.165, 1.54) is 0 Å². The average Bonchev–Trinajstić information content (AvgIpc) is 2.48. The maximum Gasteiger partial charge on any atom is 0.331 e. The van der Waals surface area contributed by atoms with Crippen LogP contribution in [0.3, 0.4) is 0 Å². The summed E-state index contributed by atoms with van der Waals surface area (Å²) in [5, 5.41) is 18.4. The van der Waals surface area contributed by atoms with Gasteiger partial charge in [0.1, 0.15) is 0 Å². The van der Waals surface area contributed by atoms with Gasteiger partial charge in [0.25, 0.3) is 0 Å². The minimum Gasteiger partial charge on any atom is -0.479 e. The molecular formula is C16H14N2O2. The third kappa shape index (κ3) is 2.78. The van der Waals surface area contributed by atoms with Crippen LogP contribution in [0.25, 0.3) is 0 Å². The highest BCUT2D eigenvalue weighted by atomic mass is 16.4. The average molecular weight is 266 g/mol. The molecular weight excluding hydrogens is 252 g/mol. The number of carboxylic acid groups (broad SMARTS) is 1. The van der Waals surface area contributed by atoms with E-state index in [2.05, 4.69) is 6.07 Å². The van der Waals surface area contributed by atoms with Gasteiger partial charge in [-0.25, -0.2) is 4.79 Å². The number of hydrogen-bond acceptors (Lipinski definition) is 3. The van der Waals surface area contributed by atoms with Crippen molar-refractivity contribution in [2.75, 3.05) is 11.9 Å². The first-order chi connectivity index (χ1) is 9.63. The van der Waals surface area contributed by atoms with Crippen LogP contribution in [-0.4, -0.2) is 18.1 Å². The molecule has 2 rings (SSSR count). The van der Waals surface area contributed by atoms with Gasteiger partial charge >= 0.3 is 5.97 Å². The number of aliphatic carboxylic acids is 1. The van der Waals surface area contributed by atoms with Crippen molar-refractivity contribution in [1.29, 1.82) is 5.26 Å². The Bertz CT molecular complexity index is 647. The number of carboxylic acids is 1. The summed E-state index contributed by atoms with van der Waals surface area (Å²) in [4.78, 5) is 13.2. The number of carbonyl (C=O) groups is 1. The van der Waals surface area contributed by atoms with Crippen LogP contribution in [0.5, 0.6) is 0 Å². The summed E-state index contributed by atoms with van der Waals surface area (Å²) in [6.07, 6.45) is 0. The lowest BCUT2D eigenvalue weighted by atomic mass is 10.0. The molecule has 2 aromatic carbocycles. The molecule has 0 aliphatic carbocycles. The predicted molar refractivity (Wildman–Crippen MR) is 76.4 cm³/mol. The van der Waals surface area contributed by atoms with Crippen molar-refractivity contribution in [3.63, 3.8) is 0 Å². The fourth-order valence-corrected chi connectivity index (χ4v) is 2.11. The van der Waals surface area contributed by atoms with Gasteiger partial charge in [0.05, 0.1) is 11.6 Å². The van der Waals surface area contributed by atoms with Crippen LogP contribution in [0, 0.1) is 11.3 Å². The van der Waals surface area contributed by atoms with Crippen LogP contribution >= 0.6 is 0 Å². The van der Waals surface area contributed by atoms with Gasteiger partial charge in [0, 0.05) is 12.7 Å². The molecule has 1 unspecified atom stereocenters. The van der Waals surface area contributed by atoms with Crippen molar-refractivity contribution in [2.45, 2.75) is 6.04 Å². The zero-order chi connectivity index (χ0) is 14.5. The molecule has 0 saturated carbocycles. The van der Waals surface area contributed by atoms with E-state index in [1.807, 2.05) is 18.2 Å². The van der Waals surface area contributed by atoms with E-state index in [0.29, 0.717) is 16.8 Å². The zero-order valence-electron chi connectivity index (χ0n) is 11.0. The Labute approximate surface area is 117 Å². The normalized spacial score (nSPS) is 11.4. The van der Waals surface area contributed by atoms with Crippen molar-refractivity contribution in [1.82, 2.24) is 0 Å². The van der Waals surface area contributed by atoms with E-state index in [0.717, 1.165) is 0 Å². The van der Waals surface area contributed by atoms with Gasteiger partial charge in [-0.3, -0.25) is 0 Å². The second-order valence-electron chi connectivity index (χ2n) is 4.42. The quantitative estimate of drug-likeness (QED) is 0.924. The van der Waals surface area contributed by atoms with Crippen LogP contribution in [0.2, 0.25) is 0 Å². The number of hydrogen-bond donors (Lipinski definition) is 1. The van der Waals surface area contributed by atoms with Crippen LogP contribution in [0.15, 0.2) is 54.6 Å². The molecule has 1 atom stereocenters. The van der Waals surface area contributed by atoms with Gasteiger partial charge in [0.15, 0.2) is 6.04 Å². The number of rotatable bonds is 4. The second kappa shape index (κ2) is 5.89. The molecule has 0 radical (unpaired) electrons. The molecule has 1 N–H and O–H groups in total. The molecule has 0 amide bonds. The Morgan fingerprint density at radius 1 is 1.20 bits per heavy atom. The summed E-state index contributed by atoms with van der Waals surface area (Å²) in [5.41, 5.74) is 1.90. The van der Waals surface area contributed by atoms with Crippen molar-refractivity contribution in [2.24, 2.45) is 0 Å². The Balaban J connectivity index is 2.40. The Morgan fingerprint density at radius 2 is 1.90 bits per heavy atom. The van der Waals surface area contributed by atoms with Crippen LogP contribution in [0.4, 0.5) is 5.69 Å². The molecule has 100 valence electrons. The van der Waals surface area contributed by atoms with Gasteiger partial charge in [-0.15, -0.1) is 0 Å². The minimum atomic E-state index is -0.930. The van der Waals surface area contributed by atoms with Crippen molar-refractivity contribution >= 4 is 11.7 Å². The Kier molecular flexibility index (Phi) is 4.02. The molecule has 0 aliphatic heterocycles. The first-order valence-corrected chi connectivity index (χ1v) is 6.14. The molecule has 2 aromatic rings. The lowest BCUT2D eigenvalue weighted by Gasteiger charge is -2.27. The predicted octanol–water partition coefficient (Wildman–Crippen LogP) is 2.82. The standard InChI is InChI=1S/C16H14N2O2/c1-18(14-9-5-6-12(10-14)11-17)15(16(19)20)13-7-3-2-4-8-13/h2-10,15H,1H3,(H,19,20). The highest BCUT2D eigenvalue weighted by Crippen LogP contribution is 2.26. The lowest BCUT2D eigenvalue weighted by Crippen LogP contribution is -2.30. The van der Waals surface area contributed by atoms with E-state index in [4.69, 9.17) is 5.26 Å². The van der Waals surface area contributed by atoms with E-state index in [1.54, 1.807) is 48.3 Å². The number of benzene rings is 2. The lowest BCUT2D eigenvalue weighted by molar-refractivity contribution is -0.138. The molecule has 0 saturated heterocycles. The third-order valence-electron chi connectivity index (χ3n) is 3.12. The summed E-state index contributed by atoms with van der Waals surface area (Å²) in [5.74, 6) is -0.930. The first-order valence-electron chi connectivity index (χ1n) is 6.14. The van der Waals surface area contributed by atoms with Gasteiger partial charge in [-0.1, -0.05) is 36.4 Å². The van der Waals surface area contributed by atoms with Crippen LogP contribution in [0.1, 0.15) is 17.2 Å². The van der Waals surface area contributed by atoms with E-state index < -0.39 is 12.0 Å². The van der Waals surface area contributed by atoms with Crippen LogP contribution in [-0.2, 0) is 4.79 Å². The van der Waals surface area contributed by atoms with Crippen molar-refractivity contribution < 1.29 is 9.90 Å². The third-order valence-corrected chi connectivity index (χ3v) is 3.12. The van der Waals surface area contributed by atoms with Gasteiger partial charge < -0.3 is 10.0 Å². The Hall–Kier alpha value is -2.80. The molecule has 0 aliphatic rings. The van der Waals surface area contributed by atoms with Gasteiger partial charge in [-0.05, 0) is 23.8 Å². The summed E-state index contributed by atoms with van der Waals surface area (Å²) >= 11 is 0. The molecule has 4 nitrogen and oxygen atoms in total. The van der Waals surface area contributed by atoms with Crippen molar-refractivity contribution in [3.05, 3.63) is 65.7 Å². The van der Waals surface area contributed by atoms with Crippen molar-refractivity contribution in [3.8, 4) is 6.07 Å². The largest absolute Gasteiger partial charge is 0.479 e. The Morgan fingerprint density at radius 3 is 2.50 bits per heavy atom. The highest BCUT2D eigenvalue weighted by molar-refractivity contribution is 5.80. The molecule has 0 aromatic heterocycles. The fourth-order valence-electron chi connectivity index (χ4n) is 2.11. The molecule has 0 spiro atoms. The molecule has 4 heteroatoms. The number of nitrogens with zero attached hydrogens (tertiary/aromatic N) is 2. The van der Waals surface area contributed by atoms with Gasteiger partial charge in [0.2, 0.25) is 0 Å². The maximum absolute atomic E-state index is 11.6. The second-order valence-corrected chi connectivity index (χ2v) is 4.42. The zero-order valence-corrected chi connectivity index (χ0v) is 11.0. The number of likely N-dealkylation sites (N-methyl/N-ethyl adjacent to an activating group) is 1. The minimum absolute atomic E-state index is 0.506. The number of nitriles is 1. The van der Waals surface area contributed by atoms with E-state index in [9.17, 15) is 9.90 Å².